The molecule has 0 saturated carbocycles. The molecule has 0 spiro atoms. The molecule has 0 unspecified atom stereocenters. The van der Waals surface area contributed by atoms with E-state index in [1.165, 1.54) is 30.4 Å². The molecular weight excluding hydrogens is 196 g/mol. The summed E-state index contributed by atoms with van der Waals surface area (Å²) < 4.78 is 0. The topological polar surface area (TPSA) is 20.2 Å². The smallest absolute Gasteiger partial charge is 0.0617 e. The van der Waals surface area contributed by atoms with Gasteiger partial charge in [-0.1, -0.05) is 43.2 Å². The first-order chi connectivity index (χ1) is 7.47. The molecular formula is C15H24O. The van der Waals surface area contributed by atoms with Gasteiger partial charge in [-0.3, -0.25) is 0 Å². The van der Waals surface area contributed by atoms with Gasteiger partial charge in [0.1, 0.15) is 0 Å². The van der Waals surface area contributed by atoms with E-state index in [-0.39, 0.29) is 6.61 Å². The Morgan fingerprint density at radius 3 is 2.69 bits per heavy atom. The molecule has 1 aliphatic rings. The normalized spacial score (nSPS) is 21.9. The summed E-state index contributed by atoms with van der Waals surface area (Å²) in [7, 11) is 0. The average Bonchev–Trinajstić information content (AvgIpc) is 2.16. The van der Waals surface area contributed by atoms with E-state index in [9.17, 15) is 0 Å². The molecule has 0 aromatic rings. The summed E-state index contributed by atoms with van der Waals surface area (Å²) in [6.07, 6.45) is 9.99. The van der Waals surface area contributed by atoms with E-state index >= 15 is 0 Å². The number of allylic oxidation sites excluding steroid dienone is 5. The fraction of sp³-hybridized carbons (Fsp3) is 0.600. The van der Waals surface area contributed by atoms with E-state index < -0.39 is 0 Å². The van der Waals surface area contributed by atoms with Crippen molar-refractivity contribution in [3.8, 4) is 0 Å². The van der Waals surface area contributed by atoms with Crippen molar-refractivity contribution in [3.05, 3.63) is 34.9 Å². The van der Waals surface area contributed by atoms with Crippen molar-refractivity contribution in [2.24, 2.45) is 5.41 Å². The van der Waals surface area contributed by atoms with E-state index in [0.717, 1.165) is 5.57 Å². The molecule has 1 rings (SSSR count). The van der Waals surface area contributed by atoms with Gasteiger partial charge in [0.15, 0.2) is 0 Å². The van der Waals surface area contributed by atoms with Crippen molar-refractivity contribution in [2.75, 3.05) is 6.61 Å². The minimum Gasteiger partial charge on any atom is -0.392 e. The Kier molecular flexibility index (Phi) is 4.55. The van der Waals surface area contributed by atoms with Crippen LogP contribution in [0.2, 0.25) is 0 Å². The Morgan fingerprint density at radius 2 is 2.12 bits per heavy atom. The summed E-state index contributed by atoms with van der Waals surface area (Å²) in [4.78, 5) is 0. The molecule has 0 atom stereocenters. The second kappa shape index (κ2) is 5.49. The fourth-order valence-electron chi connectivity index (χ4n) is 2.44. The van der Waals surface area contributed by atoms with Gasteiger partial charge >= 0.3 is 0 Å². The molecule has 90 valence electrons. The number of hydrogen-bond donors (Lipinski definition) is 1. The Balaban J connectivity index is 2.89. The zero-order valence-electron chi connectivity index (χ0n) is 11.0. The zero-order chi connectivity index (χ0) is 12.2. The molecule has 0 bridgehead atoms. The highest BCUT2D eigenvalue weighted by Gasteiger charge is 2.26. The Hall–Kier alpha value is -0.820. The van der Waals surface area contributed by atoms with Crippen molar-refractivity contribution in [2.45, 2.75) is 47.0 Å². The lowest BCUT2D eigenvalue weighted by Gasteiger charge is -2.32. The van der Waals surface area contributed by atoms with Crippen LogP contribution in [0.15, 0.2) is 34.9 Å². The van der Waals surface area contributed by atoms with Crippen molar-refractivity contribution >= 4 is 0 Å². The van der Waals surface area contributed by atoms with Crippen LogP contribution in [0.3, 0.4) is 0 Å². The van der Waals surface area contributed by atoms with Gasteiger partial charge in [0.2, 0.25) is 0 Å². The van der Waals surface area contributed by atoms with Gasteiger partial charge in [-0.15, -0.1) is 0 Å². The third-order valence-corrected chi connectivity index (χ3v) is 3.47. The maximum absolute atomic E-state index is 8.81. The molecule has 0 saturated heterocycles. The fourth-order valence-corrected chi connectivity index (χ4v) is 2.44. The second-order valence-electron chi connectivity index (χ2n) is 5.40. The zero-order valence-corrected chi connectivity index (χ0v) is 11.0. The van der Waals surface area contributed by atoms with Crippen LogP contribution in [-0.4, -0.2) is 11.7 Å². The van der Waals surface area contributed by atoms with Crippen LogP contribution in [-0.2, 0) is 0 Å². The molecule has 0 aliphatic heterocycles. The second-order valence-corrected chi connectivity index (χ2v) is 5.40. The quantitative estimate of drug-likeness (QED) is 0.713. The largest absolute Gasteiger partial charge is 0.392 e. The molecule has 1 N–H and O–H groups in total. The average molecular weight is 220 g/mol. The molecule has 16 heavy (non-hydrogen) atoms. The lowest BCUT2D eigenvalue weighted by Crippen LogP contribution is -2.19. The predicted molar refractivity (Wildman–Crippen MR) is 70.3 cm³/mol. The summed E-state index contributed by atoms with van der Waals surface area (Å²) in [5, 5.41) is 8.81. The Bertz CT molecular complexity index is 329. The van der Waals surface area contributed by atoms with E-state index in [1.807, 2.05) is 13.0 Å². The first kappa shape index (κ1) is 13.2. The van der Waals surface area contributed by atoms with Gasteiger partial charge in [-0.25, -0.2) is 0 Å². The standard InChI is InChI=1S/C15H24O/c1-12(9-11-16)7-8-14-13(2)6-5-10-15(14,3)4/h7-9,16H,5-6,10-11H2,1-4H3. The number of aliphatic hydroxyl groups excluding tert-OH is 1. The molecule has 1 nitrogen and oxygen atoms in total. The molecule has 0 amide bonds. The van der Waals surface area contributed by atoms with Crippen molar-refractivity contribution in [3.63, 3.8) is 0 Å². The lowest BCUT2D eigenvalue weighted by molar-refractivity contribution is 0.342. The molecule has 0 fully saturated rings. The van der Waals surface area contributed by atoms with Crippen LogP contribution < -0.4 is 0 Å². The van der Waals surface area contributed by atoms with Crippen LogP contribution in [0.5, 0.6) is 0 Å². The van der Waals surface area contributed by atoms with Crippen LogP contribution in [0.1, 0.15) is 47.0 Å². The summed E-state index contributed by atoms with van der Waals surface area (Å²) in [6, 6.07) is 0. The molecule has 0 radical (unpaired) electrons. The first-order valence-electron chi connectivity index (χ1n) is 6.13. The van der Waals surface area contributed by atoms with Crippen LogP contribution in [0.4, 0.5) is 0 Å². The van der Waals surface area contributed by atoms with E-state index in [4.69, 9.17) is 5.11 Å². The van der Waals surface area contributed by atoms with Gasteiger partial charge in [0.05, 0.1) is 6.61 Å². The Morgan fingerprint density at radius 1 is 1.44 bits per heavy atom. The molecule has 0 aromatic heterocycles. The minimum absolute atomic E-state index is 0.123. The summed E-state index contributed by atoms with van der Waals surface area (Å²) in [5.41, 5.74) is 4.43. The van der Waals surface area contributed by atoms with Gasteiger partial charge < -0.3 is 5.11 Å². The number of hydrogen-bond acceptors (Lipinski definition) is 1. The first-order valence-corrected chi connectivity index (χ1v) is 6.13. The monoisotopic (exact) mass is 220 g/mol. The molecule has 0 heterocycles. The van der Waals surface area contributed by atoms with E-state index in [0.29, 0.717) is 5.41 Å². The minimum atomic E-state index is 0.123. The van der Waals surface area contributed by atoms with Gasteiger partial charge in [-0.2, -0.15) is 0 Å². The predicted octanol–water partition coefficient (Wildman–Crippen LogP) is 4.01. The highest BCUT2D eigenvalue weighted by Crippen LogP contribution is 2.40. The van der Waals surface area contributed by atoms with Gasteiger partial charge in [0.25, 0.3) is 0 Å². The third-order valence-electron chi connectivity index (χ3n) is 3.47. The third kappa shape index (κ3) is 3.34. The van der Waals surface area contributed by atoms with E-state index in [2.05, 4.69) is 32.9 Å². The molecule has 1 aliphatic carbocycles. The number of rotatable bonds is 3. The maximum Gasteiger partial charge on any atom is 0.0617 e. The Labute approximate surface area is 99.6 Å². The SMILES string of the molecule is CC(C=CC1=C(C)CCCC1(C)C)=CCO. The maximum atomic E-state index is 8.81. The molecule has 1 heteroatoms. The van der Waals surface area contributed by atoms with Crippen LogP contribution in [0.25, 0.3) is 0 Å². The summed E-state index contributed by atoms with van der Waals surface area (Å²) >= 11 is 0. The van der Waals surface area contributed by atoms with Crippen molar-refractivity contribution in [1.82, 2.24) is 0 Å². The lowest BCUT2D eigenvalue weighted by atomic mass is 9.72. The summed E-state index contributed by atoms with van der Waals surface area (Å²) in [5.74, 6) is 0. The molecule has 0 aromatic carbocycles. The van der Waals surface area contributed by atoms with E-state index in [1.54, 1.807) is 0 Å². The van der Waals surface area contributed by atoms with Crippen LogP contribution in [0, 0.1) is 5.41 Å². The highest BCUT2D eigenvalue weighted by atomic mass is 16.2. The van der Waals surface area contributed by atoms with Gasteiger partial charge in [0, 0.05) is 0 Å². The van der Waals surface area contributed by atoms with Crippen LogP contribution >= 0.6 is 0 Å². The van der Waals surface area contributed by atoms with Gasteiger partial charge in [-0.05, 0) is 44.1 Å². The highest BCUT2D eigenvalue weighted by molar-refractivity contribution is 5.35. The van der Waals surface area contributed by atoms with Crippen molar-refractivity contribution < 1.29 is 5.11 Å². The summed E-state index contributed by atoms with van der Waals surface area (Å²) in [6.45, 7) is 9.03. The van der Waals surface area contributed by atoms with Crippen molar-refractivity contribution in [1.29, 1.82) is 0 Å². The number of aliphatic hydroxyl groups is 1.